The van der Waals surface area contributed by atoms with Crippen molar-refractivity contribution in [2.45, 2.75) is 32.7 Å². The zero-order chi connectivity index (χ0) is 14.6. The number of hydrogen-bond donors (Lipinski definition) is 1. The molecular formula is C12H17N3O4. The summed E-state index contributed by atoms with van der Waals surface area (Å²) in [6.45, 7) is 6.50. The van der Waals surface area contributed by atoms with Crippen LogP contribution < -0.4 is 5.32 Å². The van der Waals surface area contributed by atoms with Gasteiger partial charge in [0.25, 0.3) is 11.4 Å². The minimum atomic E-state index is -0.630. The van der Waals surface area contributed by atoms with E-state index in [9.17, 15) is 20.2 Å². The summed E-state index contributed by atoms with van der Waals surface area (Å²) >= 11 is 0. The summed E-state index contributed by atoms with van der Waals surface area (Å²) < 4.78 is 0. The van der Waals surface area contributed by atoms with Crippen LogP contribution in [-0.4, -0.2) is 22.4 Å². The summed E-state index contributed by atoms with van der Waals surface area (Å²) in [5, 5.41) is 24.9. The van der Waals surface area contributed by atoms with Gasteiger partial charge in [-0.05, 0) is 19.5 Å². The van der Waals surface area contributed by atoms with Crippen LogP contribution in [0, 0.1) is 20.2 Å². The van der Waals surface area contributed by atoms with Crippen molar-refractivity contribution in [1.82, 2.24) is 5.32 Å². The highest BCUT2D eigenvalue weighted by Crippen LogP contribution is 2.31. The zero-order valence-electron chi connectivity index (χ0n) is 11.1. The SMILES string of the molecule is CCNC(C)C(C)c1ccc([N+](=O)[O-])cc1[N+](=O)[O-]. The Kier molecular flexibility index (Phi) is 4.94. The Balaban J connectivity index is 3.20. The normalized spacial score (nSPS) is 13.8. The Morgan fingerprint density at radius 3 is 2.32 bits per heavy atom. The monoisotopic (exact) mass is 267 g/mol. The first kappa shape index (κ1) is 15.0. The molecule has 7 nitrogen and oxygen atoms in total. The first-order valence-corrected chi connectivity index (χ1v) is 6.04. The van der Waals surface area contributed by atoms with Crippen molar-refractivity contribution in [3.8, 4) is 0 Å². The van der Waals surface area contributed by atoms with Crippen LogP contribution in [0.3, 0.4) is 0 Å². The molecule has 0 aliphatic heterocycles. The van der Waals surface area contributed by atoms with E-state index in [2.05, 4.69) is 5.32 Å². The molecule has 0 saturated heterocycles. The first-order chi connectivity index (χ1) is 8.88. The Hall–Kier alpha value is -2.02. The lowest BCUT2D eigenvalue weighted by molar-refractivity contribution is -0.394. The maximum Gasteiger partial charge on any atom is 0.279 e. The molecule has 0 amide bonds. The van der Waals surface area contributed by atoms with Gasteiger partial charge in [0, 0.05) is 23.6 Å². The smallest absolute Gasteiger partial charge is 0.279 e. The predicted octanol–water partition coefficient (Wildman–Crippen LogP) is 2.60. The number of non-ortho nitro benzene ring substituents is 1. The molecule has 1 aromatic rings. The van der Waals surface area contributed by atoms with Gasteiger partial charge in [-0.1, -0.05) is 13.8 Å². The van der Waals surface area contributed by atoms with Crippen LogP contribution in [0.2, 0.25) is 0 Å². The number of nitro benzene ring substituents is 2. The van der Waals surface area contributed by atoms with E-state index in [1.54, 1.807) is 0 Å². The van der Waals surface area contributed by atoms with Crippen molar-refractivity contribution in [3.05, 3.63) is 44.0 Å². The standard InChI is InChI=1S/C12H17N3O4/c1-4-13-9(3)8(2)11-6-5-10(14(16)17)7-12(11)15(18)19/h5-9,13H,4H2,1-3H3. The zero-order valence-corrected chi connectivity index (χ0v) is 11.1. The average molecular weight is 267 g/mol. The van der Waals surface area contributed by atoms with E-state index in [-0.39, 0.29) is 23.3 Å². The summed E-state index contributed by atoms with van der Waals surface area (Å²) in [6.07, 6.45) is 0. The van der Waals surface area contributed by atoms with Gasteiger partial charge in [-0.25, -0.2) is 0 Å². The highest BCUT2D eigenvalue weighted by Gasteiger charge is 2.25. The Morgan fingerprint density at radius 2 is 1.84 bits per heavy atom. The summed E-state index contributed by atoms with van der Waals surface area (Å²) in [6, 6.07) is 3.83. The van der Waals surface area contributed by atoms with E-state index < -0.39 is 9.85 Å². The molecule has 0 spiro atoms. The average Bonchev–Trinajstić information content (AvgIpc) is 2.37. The second-order valence-electron chi connectivity index (χ2n) is 4.39. The van der Waals surface area contributed by atoms with E-state index >= 15 is 0 Å². The number of hydrogen-bond acceptors (Lipinski definition) is 5. The van der Waals surface area contributed by atoms with Crippen molar-refractivity contribution in [1.29, 1.82) is 0 Å². The molecule has 0 aliphatic carbocycles. The van der Waals surface area contributed by atoms with Crippen LogP contribution in [0.25, 0.3) is 0 Å². The highest BCUT2D eigenvalue weighted by atomic mass is 16.6. The molecular weight excluding hydrogens is 250 g/mol. The molecule has 0 saturated carbocycles. The molecule has 0 aliphatic rings. The van der Waals surface area contributed by atoms with Crippen molar-refractivity contribution >= 4 is 11.4 Å². The Labute approximate surface area is 110 Å². The fourth-order valence-corrected chi connectivity index (χ4v) is 1.96. The molecule has 7 heteroatoms. The lowest BCUT2D eigenvalue weighted by Gasteiger charge is -2.20. The number of nitro groups is 2. The number of nitrogens with zero attached hydrogens (tertiary/aromatic N) is 2. The Morgan fingerprint density at radius 1 is 1.21 bits per heavy atom. The molecule has 0 bridgehead atoms. The third-order valence-electron chi connectivity index (χ3n) is 3.19. The van der Waals surface area contributed by atoms with Crippen LogP contribution in [0.5, 0.6) is 0 Å². The van der Waals surface area contributed by atoms with Crippen LogP contribution in [-0.2, 0) is 0 Å². The van der Waals surface area contributed by atoms with Gasteiger partial charge < -0.3 is 5.32 Å². The van der Waals surface area contributed by atoms with Crippen molar-refractivity contribution < 1.29 is 9.85 Å². The number of nitrogens with one attached hydrogen (secondary N) is 1. The minimum Gasteiger partial charge on any atom is -0.314 e. The molecule has 19 heavy (non-hydrogen) atoms. The van der Waals surface area contributed by atoms with E-state index in [1.807, 2.05) is 20.8 Å². The number of benzene rings is 1. The Bertz CT molecular complexity index is 490. The van der Waals surface area contributed by atoms with E-state index in [0.717, 1.165) is 12.6 Å². The van der Waals surface area contributed by atoms with Crippen molar-refractivity contribution in [2.75, 3.05) is 6.54 Å². The lowest BCUT2D eigenvalue weighted by Crippen LogP contribution is -2.30. The first-order valence-electron chi connectivity index (χ1n) is 6.04. The van der Waals surface area contributed by atoms with Crippen LogP contribution >= 0.6 is 0 Å². The molecule has 0 fully saturated rings. The quantitative estimate of drug-likeness (QED) is 0.631. The molecule has 2 atom stereocenters. The van der Waals surface area contributed by atoms with Crippen molar-refractivity contribution in [3.63, 3.8) is 0 Å². The van der Waals surface area contributed by atoms with E-state index in [1.165, 1.54) is 12.1 Å². The largest absolute Gasteiger partial charge is 0.314 e. The summed E-state index contributed by atoms with van der Waals surface area (Å²) in [4.78, 5) is 20.5. The minimum absolute atomic E-state index is 0.0464. The molecule has 0 aromatic heterocycles. The maximum absolute atomic E-state index is 11.0. The summed E-state index contributed by atoms with van der Waals surface area (Å²) in [5.74, 6) is -0.110. The van der Waals surface area contributed by atoms with Crippen LogP contribution in [0.15, 0.2) is 18.2 Å². The van der Waals surface area contributed by atoms with E-state index in [0.29, 0.717) is 5.56 Å². The van der Waals surface area contributed by atoms with Gasteiger partial charge in [-0.2, -0.15) is 0 Å². The van der Waals surface area contributed by atoms with Crippen LogP contribution in [0.1, 0.15) is 32.3 Å². The lowest BCUT2D eigenvalue weighted by atomic mass is 9.92. The molecule has 1 aromatic carbocycles. The second kappa shape index (κ2) is 6.24. The highest BCUT2D eigenvalue weighted by molar-refractivity contribution is 5.50. The molecule has 0 heterocycles. The van der Waals surface area contributed by atoms with Gasteiger partial charge in [0.1, 0.15) is 0 Å². The number of likely N-dealkylation sites (N-methyl/N-ethyl adjacent to an activating group) is 1. The fourth-order valence-electron chi connectivity index (χ4n) is 1.96. The fraction of sp³-hybridized carbons (Fsp3) is 0.500. The number of rotatable bonds is 6. The molecule has 1 N–H and O–H groups in total. The van der Waals surface area contributed by atoms with Gasteiger partial charge in [0.05, 0.1) is 15.9 Å². The van der Waals surface area contributed by atoms with Crippen LogP contribution in [0.4, 0.5) is 11.4 Å². The molecule has 2 unspecified atom stereocenters. The topological polar surface area (TPSA) is 98.3 Å². The van der Waals surface area contributed by atoms with Gasteiger partial charge >= 0.3 is 0 Å². The third kappa shape index (κ3) is 3.47. The second-order valence-corrected chi connectivity index (χ2v) is 4.39. The maximum atomic E-state index is 11.0. The molecule has 104 valence electrons. The van der Waals surface area contributed by atoms with Gasteiger partial charge in [0.2, 0.25) is 0 Å². The van der Waals surface area contributed by atoms with Gasteiger partial charge in [0.15, 0.2) is 0 Å². The van der Waals surface area contributed by atoms with Gasteiger partial charge in [-0.3, -0.25) is 20.2 Å². The van der Waals surface area contributed by atoms with E-state index in [4.69, 9.17) is 0 Å². The van der Waals surface area contributed by atoms with Gasteiger partial charge in [-0.15, -0.1) is 0 Å². The van der Waals surface area contributed by atoms with Crippen molar-refractivity contribution in [2.24, 2.45) is 0 Å². The summed E-state index contributed by atoms with van der Waals surface area (Å²) in [5.41, 5.74) is 0.0363. The predicted molar refractivity (Wildman–Crippen MR) is 71.3 cm³/mol. The molecule has 0 radical (unpaired) electrons. The third-order valence-corrected chi connectivity index (χ3v) is 3.19. The summed E-state index contributed by atoms with van der Waals surface area (Å²) in [7, 11) is 0. The molecule has 1 rings (SSSR count).